The monoisotopic (exact) mass is 455 g/mol. The van der Waals surface area contributed by atoms with Crippen LogP contribution in [-0.2, 0) is 25.7 Å². The summed E-state index contributed by atoms with van der Waals surface area (Å²) in [5.74, 6) is 0. The molecule has 6 nitrogen and oxygen atoms in total. The van der Waals surface area contributed by atoms with Gasteiger partial charge in [-0.3, -0.25) is 9.63 Å². The molecule has 0 aliphatic carbocycles. The Morgan fingerprint density at radius 1 is 1.30 bits per heavy atom. The molecule has 1 aromatic rings. The fourth-order valence-corrected chi connectivity index (χ4v) is 3.51. The first-order chi connectivity index (χ1) is 12.7. The number of amides is 1. The average molecular weight is 457 g/mol. The third-order valence-electron chi connectivity index (χ3n) is 3.54. The fraction of sp³-hybridized carbons (Fsp3) is 0.529. The molecule has 1 fully saturated rings. The normalized spacial score (nSPS) is 19.7. The summed E-state index contributed by atoms with van der Waals surface area (Å²) >= 11 is 18.1. The van der Waals surface area contributed by atoms with Crippen LogP contribution in [0, 0.1) is 0 Å². The van der Waals surface area contributed by atoms with Crippen molar-refractivity contribution >= 4 is 57.8 Å². The maximum absolute atomic E-state index is 12.3. The van der Waals surface area contributed by atoms with Gasteiger partial charge in [0.25, 0.3) is 0 Å². The highest BCUT2D eigenvalue weighted by molar-refractivity contribution is 8.14. The molecule has 0 saturated carbocycles. The van der Waals surface area contributed by atoms with Crippen molar-refractivity contribution < 1.29 is 23.9 Å². The summed E-state index contributed by atoms with van der Waals surface area (Å²) in [4.78, 5) is 29.2. The highest BCUT2D eigenvalue weighted by Crippen LogP contribution is 2.28. The Morgan fingerprint density at radius 2 is 2.00 bits per heavy atom. The maximum atomic E-state index is 12.3. The van der Waals surface area contributed by atoms with Gasteiger partial charge < -0.3 is 9.47 Å². The van der Waals surface area contributed by atoms with E-state index < -0.39 is 16.5 Å². The molecular weight excluding hydrogens is 437 g/mol. The quantitative estimate of drug-likeness (QED) is 0.448. The zero-order chi connectivity index (χ0) is 19.9. The van der Waals surface area contributed by atoms with Gasteiger partial charge in [0.15, 0.2) is 5.12 Å². The SMILES string of the molecule is CC(=O)S[C@H]1CO[C@H](CN(OCc2ccccc2)C(=O)OCC(Cl)(Cl)Cl)C1. The van der Waals surface area contributed by atoms with Crippen molar-refractivity contribution in [3.63, 3.8) is 0 Å². The summed E-state index contributed by atoms with van der Waals surface area (Å²) in [6.07, 6.45) is -0.436. The van der Waals surface area contributed by atoms with E-state index in [1.54, 1.807) is 0 Å². The predicted molar refractivity (Wildman–Crippen MR) is 106 cm³/mol. The Morgan fingerprint density at radius 3 is 2.63 bits per heavy atom. The van der Waals surface area contributed by atoms with E-state index in [-0.39, 0.29) is 29.6 Å². The van der Waals surface area contributed by atoms with Crippen LogP contribution >= 0.6 is 46.6 Å². The molecule has 1 aliphatic rings. The number of ether oxygens (including phenoxy) is 2. The van der Waals surface area contributed by atoms with Crippen molar-refractivity contribution in [3.05, 3.63) is 35.9 Å². The van der Waals surface area contributed by atoms with Crippen LogP contribution in [0.1, 0.15) is 18.9 Å². The molecule has 2 atom stereocenters. The first-order valence-corrected chi connectivity index (χ1v) is 10.2. The minimum absolute atomic E-state index is 0.0310. The van der Waals surface area contributed by atoms with Crippen LogP contribution in [0.2, 0.25) is 0 Å². The number of benzene rings is 1. The van der Waals surface area contributed by atoms with Crippen molar-refractivity contribution in [2.45, 2.75) is 35.1 Å². The van der Waals surface area contributed by atoms with Gasteiger partial charge in [-0.15, -0.1) is 0 Å². The maximum Gasteiger partial charge on any atom is 0.434 e. The van der Waals surface area contributed by atoms with Crippen LogP contribution in [-0.4, -0.2) is 51.2 Å². The third-order valence-corrected chi connectivity index (χ3v) is 4.86. The lowest BCUT2D eigenvalue weighted by atomic mass is 10.2. The summed E-state index contributed by atoms with van der Waals surface area (Å²) in [6.45, 7) is 1.85. The first kappa shape index (κ1) is 22.6. The Balaban J connectivity index is 1.94. The lowest BCUT2D eigenvalue weighted by Gasteiger charge is -2.24. The predicted octanol–water partition coefficient (Wildman–Crippen LogP) is 4.36. The molecule has 0 bridgehead atoms. The number of carbonyl (C=O) groups is 2. The Bertz CT molecular complexity index is 629. The Kier molecular flexibility index (Phi) is 8.98. The summed E-state index contributed by atoms with van der Waals surface area (Å²) in [7, 11) is 0. The van der Waals surface area contributed by atoms with Crippen LogP contribution in [0.4, 0.5) is 4.79 Å². The number of halogens is 3. The summed E-state index contributed by atoms with van der Waals surface area (Å²) < 4.78 is 8.96. The summed E-state index contributed by atoms with van der Waals surface area (Å²) in [5, 5.41) is 1.15. The fourth-order valence-electron chi connectivity index (χ4n) is 2.42. The van der Waals surface area contributed by atoms with Gasteiger partial charge in [0.2, 0.25) is 3.79 Å². The van der Waals surface area contributed by atoms with Crippen molar-refractivity contribution in [2.24, 2.45) is 0 Å². The molecule has 10 heteroatoms. The zero-order valence-corrected chi connectivity index (χ0v) is 17.7. The number of carbonyl (C=O) groups excluding carboxylic acids is 2. The van der Waals surface area contributed by atoms with Gasteiger partial charge in [-0.05, 0) is 12.0 Å². The van der Waals surface area contributed by atoms with Crippen molar-refractivity contribution in [3.8, 4) is 0 Å². The van der Waals surface area contributed by atoms with E-state index in [9.17, 15) is 9.59 Å². The zero-order valence-electron chi connectivity index (χ0n) is 14.6. The molecule has 0 N–H and O–H groups in total. The van der Waals surface area contributed by atoms with E-state index in [2.05, 4.69) is 0 Å². The minimum atomic E-state index is -1.71. The van der Waals surface area contributed by atoms with Crippen LogP contribution in [0.25, 0.3) is 0 Å². The molecule has 150 valence electrons. The average Bonchev–Trinajstić information content (AvgIpc) is 3.03. The van der Waals surface area contributed by atoms with Gasteiger partial charge in [-0.2, -0.15) is 5.06 Å². The number of nitrogens with zero attached hydrogens (tertiary/aromatic N) is 1. The molecule has 0 radical (unpaired) electrons. The second-order valence-electron chi connectivity index (χ2n) is 5.91. The number of thioether (sulfide) groups is 1. The Hall–Kier alpha value is -0.700. The third kappa shape index (κ3) is 8.89. The number of hydroxylamine groups is 2. The van der Waals surface area contributed by atoms with E-state index in [4.69, 9.17) is 49.1 Å². The molecule has 1 aliphatic heterocycles. The van der Waals surface area contributed by atoms with E-state index in [0.717, 1.165) is 10.6 Å². The lowest BCUT2D eigenvalue weighted by Crippen LogP contribution is -2.39. The number of alkyl halides is 3. The number of hydrogen-bond donors (Lipinski definition) is 0. The Labute approximate surface area is 177 Å². The smallest absolute Gasteiger partial charge is 0.434 e. The molecule has 27 heavy (non-hydrogen) atoms. The molecule has 0 aromatic heterocycles. The second kappa shape index (κ2) is 10.7. The van der Waals surface area contributed by atoms with E-state index >= 15 is 0 Å². The molecule has 0 unspecified atom stereocenters. The summed E-state index contributed by atoms with van der Waals surface area (Å²) in [5.41, 5.74) is 0.883. The van der Waals surface area contributed by atoms with Gasteiger partial charge in [-0.1, -0.05) is 76.9 Å². The summed E-state index contributed by atoms with van der Waals surface area (Å²) in [6, 6.07) is 9.37. The molecule has 1 saturated heterocycles. The minimum Gasteiger partial charge on any atom is -0.443 e. The van der Waals surface area contributed by atoms with Crippen LogP contribution in [0.5, 0.6) is 0 Å². The van der Waals surface area contributed by atoms with Crippen molar-refractivity contribution in [1.82, 2.24) is 5.06 Å². The molecule has 0 spiro atoms. The second-order valence-corrected chi connectivity index (χ2v) is 9.91. The van der Waals surface area contributed by atoms with Crippen molar-refractivity contribution in [2.75, 3.05) is 19.8 Å². The lowest BCUT2D eigenvalue weighted by molar-refractivity contribution is -0.160. The van der Waals surface area contributed by atoms with Gasteiger partial charge >= 0.3 is 6.09 Å². The number of rotatable bonds is 7. The molecule has 2 rings (SSSR count). The van der Waals surface area contributed by atoms with E-state index in [1.165, 1.54) is 18.7 Å². The molecule has 1 heterocycles. The number of hydrogen-bond acceptors (Lipinski definition) is 6. The molecule has 1 amide bonds. The van der Waals surface area contributed by atoms with Crippen molar-refractivity contribution in [1.29, 1.82) is 0 Å². The van der Waals surface area contributed by atoms with Gasteiger partial charge in [0, 0.05) is 12.2 Å². The van der Waals surface area contributed by atoms with Crippen LogP contribution in [0.15, 0.2) is 30.3 Å². The standard InChI is InChI=1S/C17H20Cl3NO5S/c1-12(22)27-15-7-14(24-10-15)8-21(16(23)25-11-17(18,19)20)26-9-13-5-3-2-4-6-13/h2-6,14-15H,7-11H2,1H3/t14-,15+/m0/s1. The van der Waals surface area contributed by atoms with E-state index in [1.807, 2.05) is 30.3 Å². The molecule has 1 aromatic carbocycles. The van der Waals surface area contributed by atoms with E-state index in [0.29, 0.717) is 13.0 Å². The largest absolute Gasteiger partial charge is 0.443 e. The van der Waals surface area contributed by atoms with Gasteiger partial charge in [0.05, 0.1) is 19.3 Å². The molecular formula is C17H20Cl3NO5S. The first-order valence-electron chi connectivity index (χ1n) is 8.19. The van der Waals surface area contributed by atoms with Gasteiger partial charge in [-0.25, -0.2) is 4.79 Å². The topological polar surface area (TPSA) is 65.1 Å². The highest BCUT2D eigenvalue weighted by atomic mass is 35.6. The van der Waals surface area contributed by atoms with Crippen LogP contribution in [0.3, 0.4) is 0 Å². The van der Waals surface area contributed by atoms with Crippen LogP contribution < -0.4 is 0 Å². The van der Waals surface area contributed by atoms with Gasteiger partial charge in [0.1, 0.15) is 13.2 Å². The highest BCUT2D eigenvalue weighted by Gasteiger charge is 2.32.